The molecule has 2 aromatic rings. The molecule has 0 unspecified atom stereocenters. The van der Waals surface area contributed by atoms with Crippen molar-refractivity contribution in [3.8, 4) is 0 Å². The molecule has 0 aliphatic carbocycles. The van der Waals surface area contributed by atoms with Crippen LogP contribution in [0.4, 0.5) is 4.79 Å². The highest BCUT2D eigenvalue weighted by Gasteiger charge is 2.35. The highest BCUT2D eigenvalue weighted by molar-refractivity contribution is 5.75. The number of nitrogens with zero attached hydrogens (tertiary/aromatic N) is 2. The fraction of sp³-hybridized carbons (Fsp3) is 0.333. The van der Waals surface area contributed by atoms with Gasteiger partial charge in [0, 0.05) is 25.5 Å². The summed E-state index contributed by atoms with van der Waals surface area (Å²) < 4.78 is 0. The number of aliphatic hydroxyl groups excluding tert-OH is 1. The van der Waals surface area contributed by atoms with Crippen molar-refractivity contribution in [1.29, 1.82) is 0 Å². The third-order valence-electron chi connectivity index (χ3n) is 4.23. The molecule has 1 aliphatic rings. The van der Waals surface area contributed by atoms with Gasteiger partial charge in [-0.15, -0.1) is 0 Å². The largest absolute Gasteiger partial charge is 0.391 e. The van der Waals surface area contributed by atoms with Crippen molar-refractivity contribution in [3.63, 3.8) is 0 Å². The van der Waals surface area contributed by atoms with E-state index >= 15 is 0 Å². The van der Waals surface area contributed by atoms with Crippen molar-refractivity contribution in [2.45, 2.75) is 31.5 Å². The maximum atomic E-state index is 12.5. The topological polar surface area (TPSA) is 65.5 Å². The molecular weight excluding hydrogens is 290 g/mol. The maximum absolute atomic E-state index is 12.5. The molecule has 2 N–H and O–H groups in total. The van der Waals surface area contributed by atoms with Crippen LogP contribution in [0.3, 0.4) is 0 Å². The van der Waals surface area contributed by atoms with Crippen LogP contribution in [-0.4, -0.2) is 39.7 Å². The van der Waals surface area contributed by atoms with Crippen LogP contribution < -0.4 is 5.32 Å². The van der Waals surface area contributed by atoms with E-state index in [0.29, 0.717) is 25.9 Å². The number of hydrogen-bond acceptors (Lipinski definition) is 3. The van der Waals surface area contributed by atoms with Crippen LogP contribution in [0, 0.1) is 0 Å². The number of likely N-dealkylation sites (tertiary alicyclic amines) is 1. The predicted octanol–water partition coefficient (Wildman–Crippen LogP) is 1.97. The Hall–Kier alpha value is -2.40. The third kappa shape index (κ3) is 3.87. The Kier molecular flexibility index (Phi) is 4.88. The van der Waals surface area contributed by atoms with Crippen molar-refractivity contribution in [2.75, 3.05) is 6.54 Å². The van der Waals surface area contributed by atoms with E-state index in [2.05, 4.69) is 10.3 Å². The minimum absolute atomic E-state index is 0.126. The molecule has 0 saturated carbocycles. The smallest absolute Gasteiger partial charge is 0.318 e. The molecule has 0 radical (unpaired) electrons. The molecule has 23 heavy (non-hydrogen) atoms. The van der Waals surface area contributed by atoms with Gasteiger partial charge in [0.05, 0.1) is 12.1 Å². The average Bonchev–Trinajstić information content (AvgIpc) is 2.95. The van der Waals surface area contributed by atoms with Gasteiger partial charge in [0.15, 0.2) is 0 Å². The number of aliphatic hydroxyl groups is 1. The first-order valence-electron chi connectivity index (χ1n) is 7.89. The monoisotopic (exact) mass is 311 g/mol. The Morgan fingerprint density at radius 2 is 2.00 bits per heavy atom. The van der Waals surface area contributed by atoms with Crippen LogP contribution in [0.25, 0.3) is 0 Å². The lowest BCUT2D eigenvalue weighted by atomic mass is 10.0. The van der Waals surface area contributed by atoms with Gasteiger partial charge in [0.1, 0.15) is 0 Å². The summed E-state index contributed by atoms with van der Waals surface area (Å²) in [6.45, 7) is 1.07. The van der Waals surface area contributed by atoms with E-state index in [-0.39, 0.29) is 12.1 Å². The van der Waals surface area contributed by atoms with Crippen LogP contribution >= 0.6 is 0 Å². The molecule has 1 aromatic carbocycles. The maximum Gasteiger partial charge on any atom is 0.318 e. The summed E-state index contributed by atoms with van der Waals surface area (Å²) in [7, 11) is 0. The van der Waals surface area contributed by atoms with E-state index in [4.69, 9.17) is 0 Å². The Labute approximate surface area is 136 Å². The zero-order valence-corrected chi connectivity index (χ0v) is 12.9. The second-order valence-electron chi connectivity index (χ2n) is 5.83. The lowest BCUT2D eigenvalue weighted by Gasteiger charge is -2.26. The summed E-state index contributed by atoms with van der Waals surface area (Å²) >= 11 is 0. The summed E-state index contributed by atoms with van der Waals surface area (Å²) in [5.74, 6) is 0. The summed E-state index contributed by atoms with van der Waals surface area (Å²) in [6, 6.07) is 13.3. The van der Waals surface area contributed by atoms with Crippen LogP contribution in [0.1, 0.15) is 17.5 Å². The highest BCUT2D eigenvalue weighted by Crippen LogP contribution is 2.21. The van der Waals surface area contributed by atoms with Gasteiger partial charge < -0.3 is 15.3 Å². The van der Waals surface area contributed by atoms with E-state index in [1.54, 1.807) is 17.3 Å². The zero-order valence-electron chi connectivity index (χ0n) is 12.9. The number of hydrogen-bond donors (Lipinski definition) is 2. The predicted molar refractivity (Wildman–Crippen MR) is 87.7 cm³/mol. The van der Waals surface area contributed by atoms with E-state index < -0.39 is 6.10 Å². The van der Waals surface area contributed by atoms with Crippen LogP contribution in [-0.2, 0) is 13.0 Å². The van der Waals surface area contributed by atoms with Gasteiger partial charge in [0.25, 0.3) is 0 Å². The number of benzene rings is 1. The number of rotatable bonds is 4. The summed E-state index contributed by atoms with van der Waals surface area (Å²) in [6.07, 6.45) is 4.25. The molecule has 1 saturated heterocycles. The number of carbonyl (C=O) groups excluding carboxylic acids is 1. The van der Waals surface area contributed by atoms with Crippen molar-refractivity contribution >= 4 is 6.03 Å². The molecule has 0 bridgehead atoms. The SMILES string of the molecule is O=C(NCc1ccccc1)N1CC[C@@H](O)[C@@H]1Cc1cccnc1. The number of pyridine rings is 1. The number of aromatic nitrogens is 1. The van der Waals surface area contributed by atoms with Crippen molar-refractivity contribution in [3.05, 3.63) is 66.0 Å². The lowest BCUT2D eigenvalue weighted by molar-refractivity contribution is 0.122. The van der Waals surface area contributed by atoms with Gasteiger partial charge in [-0.2, -0.15) is 0 Å². The van der Waals surface area contributed by atoms with E-state index in [1.807, 2.05) is 42.5 Å². The first-order valence-corrected chi connectivity index (χ1v) is 7.89. The lowest BCUT2D eigenvalue weighted by Crippen LogP contribution is -2.46. The minimum Gasteiger partial charge on any atom is -0.391 e. The molecule has 1 aliphatic heterocycles. The van der Waals surface area contributed by atoms with Crippen LogP contribution in [0.5, 0.6) is 0 Å². The molecule has 3 rings (SSSR count). The normalized spacial score (nSPS) is 20.5. The van der Waals surface area contributed by atoms with Gasteiger partial charge in [-0.05, 0) is 30.0 Å². The molecule has 1 fully saturated rings. The molecule has 5 nitrogen and oxygen atoms in total. The standard InChI is InChI=1S/C18H21N3O2/c22-17-8-10-21(16(17)11-15-7-4-9-19-12-15)18(23)20-13-14-5-2-1-3-6-14/h1-7,9,12,16-17,22H,8,10-11,13H2,(H,20,23)/t16-,17+/m0/s1. The molecule has 5 heteroatoms. The Bertz CT molecular complexity index is 633. The molecular formula is C18H21N3O2. The summed E-state index contributed by atoms with van der Waals surface area (Å²) in [4.78, 5) is 18.3. The third-order valence-corrected chi connectivity index (χ3v) is 4.23. The van der Waals surface area contributed by atoms with E-state index in [0.717, 1.165) is 11.1 Å². The Morgan fingerprint density at radius 1 is 1.22 bits per heavy atom. The van der Waals surface area contributed by atoms with Crippen LogP contribution in [0.2, 0.25) is 0 Å². The molecule has 1 aromatic heterocycles. The van der Waals surface area contributed by atoms with Gasteiger partial charge in [-0.3, -0.25) is 4.98 Å². The summed E-state index contributed by atoms with van der Waals surface area (Å²) in [5, 5.41) is 13.2. The fourth-order valence-corrected chi connectivity index (χ4v) is 2.97. The van der Waals surface area contributed by atoms with E-state index in [9.17, 15) is 9.90 Å². The first kappa shape index (κ1) is 15.5. The van der Waals surface area contributed by atoms with E-state index in [1.165, 1.54) is 0 Å². The molecule has 120 valence electrons. The second-order valence-corrected chi connectivity index (χ2v) is 5.83. The van der Waals surface area contributed by atoms with Crippen molar-refractivity contribution < 1.29 is 9.90 Å². The second kappa shape index (κ2) is 7.24. The molecule has 0 spiro atoms. The van der Waals surface area contributed by atoms with Crippen LogP contribution in [0.15, 0.2) is 54.9 Å². The van der Waals surface area contributed by atoms with Gasteiger partial charge >= 0.3 is 6.03 Å². The molecule has 2 atom stereocenters. The number of urea groups is 1. The summed E-state index contributed by atoms with van der Waals surface area (Å²) in [5.41, 5.74) is 2.09. The van der Waals surface area contributed by atoms with Gasteiger partial charge in [-0.1, -0.05) is 36.4 Å². The quantitative estimate of drug-likeness (QED) is 0.907. The molecule has 2 amide bonds. The highest BCUT2D eigenvalue weighted by atomic mass is 16.3. The first-order chi connectivity index (χ1) is 11.2. The Balaban J connectivity index is 1.62. The zero-order chi connectivity index (χ0) is 16.1. The van der Waals surface area contributed by atoms with Crippen molar-refractivity contribution in [1.82, 2.24) is 15.2 Å². The van der Waals surface area contributed by atoms with Gasteiger partial charge in [0.2, 0.25) is 0 Å². The number of amides is 2. The minimum atomic E-state index is -0.488. The Morgan fingerprint density at radius 3 is 2.74 bits per heavy atom. The number of carbonyl (C=O) groups is 1. The van der Waals surface area contributed by atoms with Crippen molar-refractivity contribution in [2.24, 2.45) is 0 Å². The molecule has 2 heterocycles. The fourth-order valence-electron chi connectivity index (χ4n) is 2.97. The average molecular weight is 311 g/mol. The number of nitrogens with one attached hydrogen (secondary N) is 1. The van der Waals surface area contributed by atoms with Gasteiger partial charge in [-0.25, -0.2) is 4.79 Å².